The third kappa shape index (κ3) is 3.50. The third-order valence-electron chi connectivity index (χ3n) is 2.95. The molecular weight excluding hydrogens is 228 g/mol. The van der Waals surface area contributed by atoms with Crippen molar-refractivity contribution in [2.24, 2.45) is 10.9 Å². The van der Waals surface area contributed by atoms with Gasteiger partial charge in [0.05, 0.1) is 6.54 Å². The molecule has 1 heterocycles. The molecule has 0 saturated carbocycles. The van der Waals surface area contributed by atoms with Crippen molar-refractivity contribution in [1.82, 2.24) is 5.32 Å². The molecule has 0 fully saturated rings. The maximum absolute atomic E-state index is 4.54. The van der Waals surface area contributed by atoms with E-state index < -0.39 is 0 Å². The molecule has 1 N–H and O–H groups in total. The van der Waals surface area contributed by atoms with E-state index in [1.54, 1.807) is 0 Å². The quantitative estimate of drug-likeness (QED) is 0.888. The molecule has 0 amide bonds. The van der Waals surface area contributed by atoms with E-state index >= 15 is 0 Å². The number of hydrogen-bond donors (Lipinski definition) is 1. The van der Waals surface area contributed by atoms with Crippen molar-refractivity contribution in [2.75, 3.05) is 6.54 Å². The number of hydrogen-bond acceptors (Lipinski definition) is 3. The van der Waals surface area contributed by atoms with Crippen molar-refractivity contribution in [2.45, 2.75) is 32.6 Å². The number of thioether (sulfide) groups is 1. The summed E-state index contributed by atoms with van der Waals surface area (Å²) in [6.45, 7) is 8.48. The first-order chi connectivity index (χ1) is 8.15. The van der Waals surface area contributed by atoms with Gasteiger partial charge in [-0.25, -0.2) is 0 Å². The summed E-state index contributed by atoms with van der Waals surface area (Å²) in [4.78, 5) is 4.54. The summed E-state index contributed by atoms with van der Waals surface area (Å²) < 4.78 is 0. The molecule has 17 heavy (non-hydrogen) atoms. The molecule has 1 aromatic carbocycles. The third-order valence-corrected chi connectivity index (χ3v) is 4.44. The van der Waals surface area contributed by atoms with Crippen LogP contribution in [0.15, 0.2) is 29.3 Å². The van der Waals surface area contributed by atoms with E-state index in [2.05, 4.69) is 55.3 Å². The predicted octanol–water partition coefficient (Wildman–Crippen LogP) is 3.21. The summed E-state index contributed by atoms with van der Waals surface area (Å²) in [7, 11) is 0. The Hall–Kier alpha value is -0.960. The second-order valence-electron chi connectivity index (χ2n) is 4.89. The summed E-state index contributed by atoms with van der Waals surface area (Å²) in [5, 5.41) is 5.17. The average Bonchev–Trinajstić information content (AvgIpc) is 2.75. The largest absolute Gasteiger partial charge is 0.361 e. The highest BCUT2D eigenvalue weighted by molar-refractivity contribution is 8.14. The fourth-order valence-electron chi connectivity index (χ4n) is 1.84. The molecule has 0 saturated heterocycles. The fourth-order valence-corrected chi connectivity index (χ4v) is 2.85. The molecular formula is C14H20N2S. The van der Waals surface area contributed by atoms with Crippen LogP contribution in [0.1, 0.15) is 25.0 Å². The molecule has 3 heteroatoms. The lowest BCUT2D eigenvalue weighted by molar-refractivity contribution is 0.621. The van der Waals surface area contributed by atoms with Gasteiger partial charge in [-0.3, -0.25) is 4.99 Å². The van der Waals surface area contributed by atoms with Crippen LogP contribution < -0.4 is 5.32 Å². The van der Waals surface area contributed by atoms with Gasteiger partial charge in [-0.15, -0.1) is 0 Å². The normalized spacial score (nSPS) is 19.5. The smallest absolute Gasteiger partial charge is 0.157 e. The minimum atomic E-state index is 0.648. The first-order valence-corrected chi connectivity index (χ1v) is 7.03. The van der Waals surface area contributed by atoms with Crippen LogP contribution in [0.4, 0.5) is 0 Å². The highest BCUT2D eigenvalue weighted by Crippen LogP contribution is 2.25. The van der Waals surface area contributed by atoms with Crippen molar-refractivity contribution < 1.29 is 0 Å². The molecule has 92 valence electrons. The number of benzene rings is 1. The van der Waals surface area contributed by atoms with E-state index in [-0.39, 0.29) is 0 Å². The molecule has 0 radical (unpaired) electrons. The van der Waals surface area contributed by atoms with E-state index in [9.17, 15) is 0 Å². The monoisotopic (exact) mass is 248 g/mol. The number of aryl methyl sites for hydroxylation is 1. The molecule has 1 atom stereocenters. The molecule has 0 aliphatic carbocycles. The summed E-state index contributed by atoms with van der Waals surface area (Å²) in [6, 6.07) is 8.60. The van der Waals surface area contributed by atoms with Gasteiger partial charge in [0.2, 0.25) is 0 Å². The van der Waals surface area contributed by atoms with Gasteiger partial charge in [0.15, 0.2) is 5.17 Å². The highest BCUT2D eigenvalue weighted by Gasteiger charge is 2.21. The van der Waals surface area contributed by atoms with Crippen LogP contribution in [0, 0.1) is 12.8 Å². The number of nitrogens with one attached hydrogen (secondary N) is 1. The second-order valence-corrected chi connectivity index (χ2v) is 6.12. The molecule has 0 spiro atoms. The van der Waals surface area contributed by atoms with Gasteiger partial charge in [0.1, 0.15) is 0 Å². The first-order valence-electron chi connectivity index (χ1n) is 6.15. The average molecular weight is 248 g/mol. The van der Waals surface area contributed by atoms with E-state index in [4.69, 9.17) is 0 Å². The molecule has 0 aromatic heterocycles. The van der Waals surface area contributed by atoms with Crippen molar-refractivity contribution in [3.8, 4) is 0 Å². The van der Waals surface area contributed by atoms with E-state index in [1.807, 2.05) is 11.8 Å². The van der Waals surface area contributed by atoms with Gasteiger partial charge < -0.3 is 5.32 Å². The van der Waals surface area contributed by atoms with Gasteiger partial charge >= 0.3 is 0 Å². The van der Waals surface area contributed by atoms with Crippen molar-refractivity contribution in [3.63, 3.8) is 0 Å². The number of aliphatic imine (C=N–C) groups is 1. The molecule has 2 rings (SSSR count). The van der Waals surface area contributed by atoms with E-state index in [0.29, 0.717) is 11.2 Å². The lowest BCUT2D eigenvalue weighted by Gasteiger charge is -2.12. The number of nitrogens with zero attached hydrogens (tertiary/aromatic N) is 1. The highest BCUT2D eigenvalue weighted by atomic mass is 32.2. The molecule has 1 unspecified atom stereocenters. The van der Waals surface area contributed by atoms with Crippen LogP contribution >= 0.6 is 11.8 Å². The van der Waals surface area contributed by atoms with Crippen LogP contribution in [0.2, 0.25) is 0 Å². The first kappa shape index (κ1) is 12.5. The van der Waals surface area contributed by atoms with Crippen molar-refractivity contribution >= 4 is 16.9 Å². The topological polar surface area (TPSA) is 24.4 Å². The second kappa shape index (κ2) is 5.58. The summed E-state index contributed by atoms with van der Waals surface area (Å²) >= 11 is 1.88. The Morgan fingerprint density at radius 2 is 2.29 bits per heavy atom. The maximum atomic E-state index is 4.54. The lowest BCUT2D eigenvalue weighted by Crippen LogP contribution is -2.20. The zero-order chi connectivity index (χ0) is 12.3. The van der Waals surface area contributed by atoms with Crippen LogP contribution in [0.5, 0.6) is 0 Å². The van der Waals surface area contributed by atoms with E-state index in [1.165, 1.54) is 11.1 Å². The Bertz CT molecular complexity index is 412. The summed E-state index contributed by atoms with van der Waals surface area (Å²) in [5.74, 6) is 0.696. The van der Waals surface area contributed by atoms with Gasteiger partial charge in [-0.1, -0.05) is 55.4 Å². The molecule has 1 aliphatic heterocycles. The minimum absolute atomic E-state index is 0.648. The Morgan fingerprint density at radius 3 is 2.94 bits per heavy atom. The predicted molar refractivity (Wildman–Crippen MR) is 76.5 cm³/mol. The SMILES string of the molecule is Cc1cccc(CNC2=NCC(C(C)C)S2)c1. The number of rotatable bonds is 3. The zero-order valence-electron chi connectivity index (χ0n) is 10.7. The van der Waals surface area contributed by atoms with Crippen LogP contribution in [-0.4, -0.2) is 17.0 Å². The lowest BCUT2D eigenvalue weighted by atomic mass is 10.1. The molecule has 0 bridgehead atoms. The van der Waals surface area contributed by atoms with Crippen LogP contribution in [0.25, 0.3) is 0 Å². The summed E-state index contributed by atoms with van der Waals surface area (Å²) in [6.07, 6.45) is 0. The minimum Gasteiger partial charge on any atom is -0.361 e. The Kier molecular flexibility index (Phi) is 4.11. The van der Waals surface area contributed by atoms with Gasteiger partial charge in [0.25, 0.3) is 0 Å². The number of amidine groups is 1. The van der Waals surface area contributed by atoms with Gasteiger partial charge in [0, 0.05) is 11.8 Å². The zero-order valence-corrected chi connectivity index (χ0v) is 11.6. The van der Waals surface area contributed by atoms with Crippen molar-refractivity contribution in [3.05, 3.63) is 35.4 Å². The fraction of sp³-hybridized carbons (Fsp3) is 0.500. The molecule has 2 nitrogen and oxygen atoms in total. The van der Waals surface area contributed by atoms with Crippen LogP contribution in [0.3, 0.4) is 0 Å². The van der Waals surface area contributed by atoms with Crippen LogP contribution in [-0.2, 0) is 6.54 Å². The summed E-state index contributed by atoms with van der Waals surface area (Å²) in [5.41, 5.74) is 2.63. The Balaban J connectivity index is 1.84. The standard InChI is InChI=1S/C14H20N2S/c1-10(2)13-9-16-14(17-13)15-8-12-6-4-5-11(3)7-12/h4-7,10,13H,8-9H2,1-3H3,(H,15,16). The van der Waals surface area contributed by atoms with Gasteiger partial charge in [-0.05, 0) is 18.4 Å². The molecule has 1 aromatic rings. The van der Waals surface area contributed by atoms with Gasteiger partial charge in [-0.2, -0.15) is 0 Å². The van der Waals surface area contributed by atoms with E-state index in [0.717, 1.165) is 18.3 Å². The molecule has 1 aliphatic rings. The Morgan fingerprint density at radius 1 is 1.47 bits per heavy atom. The maximum Gasteiger partial charge on any atom is 0.157 e. The Labute approximate surface area is 108 Å². The van der Waals surface area contributed by atoms with Crippen molar-refractivity contribution in [1.29, 1.82) is 0 Å².